The molecule has 3 heteroatoms. The van der Waals surface area contributed by atoms with Gasteiger partial charge in [-0.05, 0) is 29.8 Å². The molecule has 0 bridgehead atoms. The maximum absolute atomic E-state index is 8.68. The van der Waals surface area contributed by atoms with Crippen LogP contribution in [0, 0.1) is 11.3 Å². The first-order valence-electron chi connectivity index (χ1n) is 5.41. The van der Waals surface area contributed by atoms with Crippen LogP contribution in [-0.4, -0.2) is 0 Å². The van der Waals surface area contributed by atoms with Gasteiger partial charge in [0.2, 0.25) is 0 Å². The molecule has 84 valence electrons. The van der Waals surface area contributed by atoms with E-state index in [2.05, 4.69) is 16.9 Å². The highest BCUT2D eigenvalue weighted by molar-refractivity contribution is 5.41. The molecule has 0 radical (unpaired) electrons. The third-order valence-electron chi connectivity index (χ3n) is 2.38. The Labute approximate surface area is 101 Å². The zero-order chi connectivity index (χ0) is 11.9. The van der Waals surface area contributed by atoms with E-state index in [9.17, 15) is 0 Å². The van der Waals surface area contributed by atoms with Gasteiger partial charge < -0.3 is 5.43 Å². The molecule has 3 nitrogen and oxygen atoms in total. The number of nitriles is 1. The lowest BCUT2D eigenvalue weighted by Crippen LogP contribution is -2.20. The second-order valence-corrected chi connectivity index (χ2v) is 3.65. The Hall–Kier alpha value is -2.31. The van der Waals surface area contributed by atoms with E-state index >= 15 is 0 Å². The van der Waals surface area contributed by atoms with Gasteiger partial charge in [-0.3, -0.25) is 0 Å². The van der Waals surface area contributed by atoms with Crippen LogP contribution in [0.1, 0.15) is 11.1 Å². The van der Waals surface area contributed by atoms with Crippen molar-refractivity contribution in [2.75, 3.05) is 5.43 Å². The Morgan fingerprint density at radius 1 is 0.941 bits per heavy atom. The van der Waals surface area contributed by atoms with Gasteiger partial charge in [0.05, 0.1) is 11.6 Å². The summed E-state index contributed by atoms with van der Waals surface area (Å²) in [5.74, 6) is 0. The summed E-state index contributed by atoms with van der Waals surface area (Å²) in [6.45, 7) is 0.709. The highest BCUT2D eigenvalue weighted by Crippen LogP contribution is 2.05. The lowest BCUT2D eigenvalue weighted by Gasteiger charge is -2.08. The average Bonchev–Trinajstić information content (AvgIpc) is 2.41. The average molecular weight is 223 g/mol. The molecule has 0 aliphatic rings. The molecule has 2 N–H and O–H groups in total. The molecule has 0 aliphatic heterocycles. The van der Waals surface area contributed by atoms with Gasteiger partial charge in [-0.1, -0.05) is 30.3 Å². The van der Waals surface area contributed by atoms with Crippen molar-refractivity contribution in [1.29, 1.82) is 5.26 Å². The second-order valence-electron chi connectivity index (χ2n) is 3.65. The molecule has 2 aromatic rings. The van der Waals surface area contributed by atoms with Crippen LogP contribution in [0.5, 0.6) is 0 Å². The highest BCUT2D eigenvalue weighted by atomic mass is 15.3. The molecule has 0 spiro atoms. The van der Waals surface area contributed by atoms with Crippen LogP contribution >= 0.6 is 0 Å². The number of anilines is 1. The molecule has 2 aromatic carbocycles. The molecule has 0 unspecified atom stereocenters. The Balaban J connectivity index is 1.84. The first-order chi connectivity index (χ1) is 8.38. The van der Waals surface area contributed by atoms with Gasteiger partial charge in [-0.2, -0.15) is 5.26 Å². The van der Waals surface area contributed by atoms with Gasteiger partial charge in [0.15, 0.2) is 0 Å². The van der Waals surface area contributed by atoms with Gasteiger partial charge in [0.1, 0.15) is 0 Å². The number of rotatable bonds is 4. The minimum atomic E-state index is 0.685. The van der Waals surface area contributed by atoms with Gasteiger partial charge >= 0.3 is 0 Å². The number of nitrogens with zero attached hydrogens (tertiary/aromatic N) is 1. The maximum Gasteiger partial charge on any atom is 0.0991 e. The summed E-state index contributed by atoms with van der Waals surface area (Å²) in [6.07, 6.45) is 0. The zero-order valence-electron chi connectivity index (χ0n) is 9.35. The molecule has 0 saturated heterocycles. The van der Waals surface area contributed by atoms with Crippen molar-refractivity contribution in [3.05, 3.63) is 65.7 Å². The third-order valence-corrected chi connectivity index (χ3v) is 2.38. The van der Waals surface area contributed by atoms with Crippen molar-refractivity contribution >= 4 is 5.69 Å². The first-order valence-corrected chi connectivity index (χ1v) is 5.41. The fraction of sp³-hybridized carbons (Fsp3) is 0.0714. The number of benzene rings is 2. The monoisotopic (exact) mass is 223 g/mol. The molecular formula is C14H13N3. The Morgan fingerprint density at radius 2 is 1.65 bits per heavy atom. The highest BCUT2D eigenvalue weighted by Gasteiger charge is 1.93. The SMILES string of the molecule is N#Cc1ccc(CNNc2ccccc2)cc1. The first kappa shape index (κ1) is 11.2. The topological polar surface area (TPSA) is 47.9 Å². The minimum absolute atomic E-state index is 0.685. The van der Waals surface area contributed by atoms with Gasteiger partial charge in [0, 0.05) is 12.2 Å². The van der Waals surface area contributed by atoms with Gasteiger partial charge in [0.25, 0.3) is 0 Å². The fourth-order valence-corrected chi connectivity index (χ4v) is 1.47. The van der Waals surface area contributed by atoms with E-state index in [1.807, 2.05) is 54.6 Å². The van der Waals surface area contributed by atoms with Crippen LogP contribution < -0.4 is 10.9 Å². The Kier molecular flexibility index (Phi) is 3.74. The van der Waals surface area contributed by atoms with E-state index in [0.717, 1.165) is 11.3 Å². The van der Waals surface area contributed by atoms with Crippen molar-refractivity contribution in [1.82, 2.24) is 5.43 Å². The molecule has 17 heavy (non-hydrogen) atoms. The summed E-state index contributed by atoms with van der Waals surface area (Å²) in [5, 5.41) is 8.68. The summed E-state index contributed by atoms with van der Waals surface area (Å²) < 4.78 is 0. The molecule has 0 fully saturated rings. The standard InChI is InChI=1S/C14H13N3/c15-10-12-6-8-13(9-7-12)11-16-17-14-4-2-1-3-5-14/h1-9,16-17H,11H2. The third kappa shape index (κ3) is 3.33. The maximum atomic E-state index is 8.68. The lowest BCUT2D eigenvalue weighted by atomic mass is 10.1. The van der Waals surface area contributed by atoms with E-state index in [1.165, 1.54) is 0 Å². The molecule has 0 aromatic heterocycles. The fourth-order valence-electron chi connectivity index (χ4n) is 1.47. The number of hydrazine groups is 1. The lowest BCUT2D eigenvalue weighted by molar-refractivity contribution is 0.801. The second kappa shape index (κ2) is 5.69. The number of hydrogen-bond acceptors (Lipinski definition) is 3. The summed E-state index contributed by atoms with van der Waals surface area (Å²) in [4.78, 5) is 0. The normalized spacial score (nSPS) is 9.59. The van der Waals surface area contributed by atoms with E-state index in [0.29, 0.717) is 12.1 Å². The molecular weight excluding hydrogens is 210 g/mol. The van der Waals surface area contributed by atoms with Crippen molar-refractivity contribution in [3.8, 4) is 6.07 Å². The van der Waals surface area contributed by atoms with Crippen LogP contribution in [0.4, 0.5) is 5.69 Å². The van der Waals surface area contributed by atoms with Crippen molar-refractivity contribution < 1.29 is 0 Å². The molecule has 0 saturated carbocycles. The number of para-hydroxylation sites is 1. The molecule has 2 rings (SSSR count). The van der Waals surface area contributed by atoms with E-state index in [-0.39, 0.29) is 0 Å². The molecule has 0 amide bonds. The summed E-state index contributed by atoms with van der Waals surface area (Å²) in [5.41, 5.74) is 9.07. The van der Waals surface area contributed by atoms with Crippen LogP contribution in [0.15, 0.2) is 54.6 Å². The van der Waals surface area contributed by atoms with Crippen molar-refractivity contribution in [2.24, 2.45) is 0 Å². The smallest absolute Gasteiger partial charge is 0.0991 e. The Morgan fingerprint density at radius 3 is 2.29 bits per heavy atom. The predicted octanol–water partition coefficient (Wildman–Crippen LogP) is 2.67. The van der Waals surface area contributed by atoms with Gasteiger partial charge in [-0.25, -0.2) is 5.43 Å². The molecule has 0 atom stereocenters. The molecule has 0 aliphatic carbocycles. The van der Waals surface area contributed by atoms with Crippen LogP contribution in [0.2, 0.25) is 0 Å². The largest absolute Gasteiger partial charge is 0.321 e. The minimum Gasteiger partial charge on any atom is -0.321 e. The zero-order valence-corrected chi connectivity index (χ0v) is 9.35. The summed E-state index contributed by atoms with van der Waals surface area (Å²) in [7, 11) is 0. The van der Waals surface area contributed by atoms with Crippen LogP contribution in [0.25, 0.3) is 0 Å². The number of nitrogens with one attached hydrogen (secondary N) is 2. The van der Waals surface area contributed by atoms with Crippen molar-refractivity contribution in [2.45, 2.75) is 6.54 Å². The van der Waals surface area contributed by atoms with E-state index in [4.69, 9.17) is 5.26 Å². The molecule has 0 heterocycles. The quantitative estimate of drug-likeness (QED) is 0.783. The van der Waals surface area contributed by atoms with Gasteiger partial charge in [-0.15, -0.1) is 0 Å². The predicted molar refractivity (Wildman–Crippen MR) is 68.1 cm³/mol. The summed E-state index contributed by atoms with van der Waals surface area (Å²) >= 11 is 0. The summed E-state index contributed by atoms with van der Waals surface area (Å²) in [6, 6.07) is 19.5. The van der Waals surface area contributed by atoms with E-state index in [1.54, 1.807) is 0 Å². The van der Waals surface area contributed by atoms with Crippen molar-refractivity contribution in [3.63, 3.8) is 0 Å². The number of hydrogen-bond donors (Lipinski definition) is 2. The Bertz CT molecular complexity index is 497. The van der Waals surface area contributed by atoms with Crippen LogP contribution in [0.3, 0.4) is 0 Å². The van der Waals surface area contributed by atoms with Crippen LogP contribution in [-0.2, 0) is 6.54 Å². The van der Waals surface area contributed by atoms with E-state index < -0.39 is 0 Å².